The molecule has 1 N–H and O–H groups in total. The number of para-hydroxylation sites is 1. The topological polar surface area (TPSA) is 37.8 Å². The van der Waals surface area contributed by atoms with Crippen molar-refractivity contribution in [3.05, 3.63) is 78.4 Å². The number of nitrogens with one attached hydrogen (secondary N) is 1. The first-order chi connectivity index (χ1) is 8.84. The molecule has 0 aliphatic carbocycles. The van der Waals surface area contributed by atoms with E-state index < -0.39 is 0 Å². The van der Waals surface area contributed by atoms with E-state index in [-0.39, 0.29) is 5.78 Å². The molecule has 2 aromatic heterocycles. The van der Waals surface area contributed by atoms with Crippen LogP contribution >= 0.6 is 0 Å². The van der Waals surface area contributed by atoms with Crippen molar-refractivity contribution in [2.24, 2.45) is 0 Å². The van der Waals surface area contributed by atoms with Gasteiger partial charge < -0.3 is 9.55 Å². The minimum absolute atomic E-state index is 0.0333. The molecule has 2 heterocycles. The first kappa shape index (κ1) is 10.6. The molecule has 0 bridgehead atoms. The molecule has 0 aliphatic rings. The summed E-state index contributed by atoms with van der Waals surface area (Å²) in [7, 11) is 0. The van der Waals surface area contributed by atoms with Crippen molar-refractivity contribution in [2.75, 3.05) is 0 Å². The van der Waals surface area contributed by atoms with Gasteiger partial charge in [-0.05, 0) is 24.3 Å². The number of aromatic nitrogens is 2. The predicted molar refractivity (Wildman–Crippen MR) is 70.0 cm³/mol. The van der Waals surface area contributed by atoms with Crippen molar-refractivity contribution >= 4 is 5.78 Å². The van der Waals surface area contributed by atoms with Gasteiger partial charge in [0.25, 0.3) is 0 Å². The van der Waals surface area contributed by atoms with E-state index in [4.69, 9.17) is 0 Å². The number of hydrogen-bond donors (Lipinski definition) is 1. The fourth-order valence-electron chi connectivity index (χ4n) is 1.92. The summed E-state index contributed by atoms with van der Waals surface area (Å²) in [6.07, 6.45) is 7.21. The second kappa shape index (κ2) is 4.37. The molecule has 0 amide bonds. The smallest absolute Gasteiger partial charge is 0.196 e. The highest BCUT2D eigenvalue weighted by Crippen LogP contribution is 2.13. The second-order valence-corrected chi connectivity index (χ2v) is 4.07. The summed E-state index contributed by atoms with van der Waals surface area (Å²) in [6, 6.07) is 13.5. The average molecular weight is 236 g/mol. The summed E-state index contributed by atoms with van der Waals surface area (Å²) in [5.41, 5.74) is 2.42. The average Bonchev–Trinajstić information content (AvgIpc) is 3.10. The maximum absolute atomic E-state index is 12.1. The van der Waals surface area contributed by atoms with Crippen LogP contribution in [-0.2, 0) is 0 Å². The second-order valence-electron chi connectivity index (χ2n) is 4.07. The number of ketones is 1. The molecule has 18 heavy (non-hydrogen) atoms. The summed E-state index contributed by atoms with van der Waals surface area (Å²) < 4.78 is 1.94. The highest BCUT2D eigenvalue weighted by atomic mass is 16.1. The van der Waals surface area contributed by atoms with Crippen molar-refractivity contribution < 1.29 is 4.79 Å². The van der Waals surface area contributed by atoms with Gasteiger partial charge in [-0.3, -0.25) is 4.79 Å². The molecule has 0 aliphatic heterocycles. The number of aromatic amines is 1. The van der Waals surface area contributed by atoms with E-state index in [1.807, 2.05) is 53.4 Å². The first-order valence-electron chi connectivity index (χ1n) is 5.75. The van der Waals surface area contributed by atoms with Crippen LogP contribution in [0, 0.1) is 0 Å². The third kappa shape index (κ3) is 1.86. The molecule has 3 nitrogen and oxygen atoms in total. The molecule has 3 aromatic rings. The van der Waals surface area contributed by atoms with E-state index in [1.54, 1.807) is 18.5 Å². The number of H-pyrrole nitrogens is 1. The molecule has 88 valence electrons. The molecule has 0 atom stereocenters. The zero-order valence-corrected chi connectivity index (χ0v) is 9.71. The lowest BCUT2D eigenvalue weighted by molar-refractivity contribution is 0.103. The Morgan fingerprint density at radius 3 is 2.56 bits per heavy atom. The minimum atomic E-state index is 0.0333. The van der Waals surface area contributed by atoms with Crippen molar-refractivity contribution in [2.45, 2.75) is 0 Å². The van der Waals surface area contributed by atoms with Crippen molar-refractivity contribution in [1.82, 2.24) is 9.55 Å². The monoisotopic (exact) mass is 236 g/mol. The van der Waals surface area contributed by atoms with Gasteiger partial charge in [0.2, 0.25) is 0 Å². The standard InChI is InChI=1S/C15H12N2O/c18-15(12-6-8-16-10-12)13-7-9-17(11-13)14-4-2-1-3-5-14/h1-11,16H. The van der Waals surface area contributed by atoms with Crippen LogP contribution in [0.1, 0.15) is 15.9 Å². The van der Waals surface area contributed by atoms with Crippen LogP contribution < -0.4 is 0 Å². The molecule has 0 saturated carbocycles. The summed E-state index contributed by atoms with van der Waals surface area (Å²) in [5.74, 6) is 0.0333. The van der Waals surface area contributed by atoms with Gasteiger partial charge in [-0.2, -0.15) is 0 Å². The Labute approximate surface area is 105 Å². The summed E-state index contributed by atoms with van der Waals surface area (Å²) in [6.45, 7) is 0. The molecule has 0 spiro atoms. The molecule has 0 unspecified atom stereocenters. The first-order valence-corrected chi connectivity index (χ1v) is 5.75. The van der Waals surface area contributed by atoms with Gasteiger partial charge in [-0.1, -0.05) is 18.2 Å². The summed E-state index contributed by atoms with van der Waals surface area (Å²) >= 11 is 0. The van der Waals surface area contributed by atoms with Crippen LogP contribution in [0.25, 0.3) is 5.69 Å². The van der Waals surface area contributed by atoms with Crippen LogP contribution in [0.4, 0.5) is 0 Å². The van der Waals surface area contributed by atoms with Crippen LogP contribution in [0.5, 0.6) is 0 Å². The highest BCUT2D eigenvalue weighted by molar-refractivity contribution is 6.08. The highest BCUT2D eigenvalue weighted by Gasteiger charge is 2.10. The Morgan fingerprint density at radius 1 is 1.00 bits per heavy atom. The van der Waals surface area contributed by atoms with Crippen molar-refractivity contribution in [3.63, 3.8) is 0 Å². The van der Waals surface area contributed by atoms with E-state index in [2.05, 4.69) is 4.98 Å². The lowest BCUT2D eigenvalue weighted by Gasteiger charge is -2.00. The lowest BCUT2D eigenvalue weighted by Crippen LogP contribution is -1.98. The van der Waals surface area contributed by atoms with Gasteiger partial charge in [-0.25, -0.2) is 0 Å². The maximum atomic E-state index is 12.1. The van der Waals surface area contributed by atoms with Crippen LogP contribution in [-0.4, -0.2) is 15.3 Å². The van der Waals surface area contributed by atoms with Crippen LogP contribution in [0.3, 0.4) is 0 Å². The zero-order chi connectivity index (χ0) is 12.4. The quantitative estimate of drug-likeness (QED) is 0.697. The minimum Gasteiger partial charge on any atom is -0.367 e. The Hall–Kier alpha value is -2.55. The number of nitrogens with zero attached hydrogens (tertiary/aromatic N) is 1. The number of rotatable bonds is 3. The Kier molecular flexibility index (Phi) is 2.57. The Balaban J connectivity index is 1.93. The van der Waals surface area contributed by atoms with Gasteiger partial charge in [0.05, 0.1) is 0 Å². The number of hydrogen-bond acceptors (Lipinski definition) is 1. The molecule has 0 radical (unpaired) electrons. The molecule has 1 aromatic carbocycles. The molecule has 0 fully saturated rings. The lowest BCUT2D eigenvalue weighted by atomic mass is 10.1. The zero-order valence-electron chi connectivity index (χ0n) is 9.71. The molecule has 3 rings (SSSR count). The fourth-order valence-corrected chi connectivity index (χ4v) is 1.92. The van der Waals surface area contributed by atoms with Gasteiger partial charge >= 0.3 is 0 Å². The number of benzene rings is 1. The van der Waals surface area contributed by atoms with E-state index in [9.17, 15) is 4.79 Å². The van der Waals surface area contributed by atoms with E-state index in [0.29, 0.717) is 11.1 Å². The molecular formula is C15H12N2O. The number of carbonyl (C=O) groups excluding carboxylic acids is 1. The Bertz CT molecular complexity index is 651. The van der Waals surface area contributed by atoms with E-state index in [1.165, 1.54) is 0 Å². The van der Waals surface area contributed by atoms with Gasteiger partial charge in [0.1, 0.15) is 0 Å². The van der Waals surface area contributed by atoms with E-state index in [0.717, 1.165) is 5.69 Å². The summed E-state index contributed by atoms with van der Waals surface area (Å²) in [4.78, 5) is 15.0. The molecule has 3 heteroatoms. The third-order valence-electron chi connectivity index (χ3n) is 2.87. The van der Waals surface area contributed by atoms with Crippen LogP contribution in [0.2, 0.25) is 0 Å². The predicted octanol–water partition coefficient (Wildman–Crippen LogP) is 3.04. The van der Waals surface area contributed by atoms with Crippen molar-refractivity contribution in [1.29, 1.82) is 0 Å². The summed E-state index contributed by atoms with van der Waals surface area (Å²) in [5, 5.41) is 0. The third-order valence-corrected chi connectivity index (χ3v) is 2.87. The van der Waals surface area contributed by atoms with Gasteiger partial charge in [0.15, 0.2) is 5.78 Å². The fraction of sp³-hybridized carbons (Fsp3) is 0. The molecular weight excluding hydrogens is 224 g/mol. The SMILES string of the molecule is O=C(c1cc[nH]c1)c1ccn(-c2ccccc2)c1. The van der Waals surface area contributed by atoms with Gasteiger partial charge in [0, 0.05) is 41.6 Å². The number of carbonyl (C=O) groups is 1. The Morgan fingerprint density at radius 2 is 1.83 bits per heavy atom. The van der Waals surface area contributed by atoms with Gasteiger partial charge in [-0.15, -0.1) is 0 Å². The normalized spacial score (nSPS) is 10.4. The van der Waals surface area contributed by atoms with E-state index >= 15 is 0 Å². The van der Waals surface area contributed by atoms with Crippen LogP contribution in [0.15, 0.2) is 67.3 Å². The maximum Gasteiger partial charge on any atom is 0.196 e. The molecule has 0 saturated heterocycles. The largest absolute Gasteiger partial charge is 0.367 e. The van der Waals surface area contributed by atoms with Crippen molar-refractivity contribution in [3.8, 4) is 5.69 Å².